The van der Waals surface area contributed by atoms with Crippen molar-refractivity contribution in [2.75, 3.05) is 25.4 Å². The molecule has 5 heterocycles. The van der Waals surface area contributed by atoms with Crippen LogP contribution in [0, 0.1) is 0 Å². The number of aromatic nitrogens is 4. The number of carbonyl (C=O) groups excluding carboxylic acids is 2. The van der Waals surface area contributed by atoms with Crippen molar-refractivity contribution in [2.24, 2.45) is 0 Å². The molecule has 3 aromatic heterocycles. The Hall–Kier alpha value is -4.85. The number of nitrogens with two attached hydrogens (primary N) is 1. The van der Waals surface area contributed by atoms with E-state index in [9.17, 15) is 9.59 Å². The number of hydrogen-bond acceptors (Lipinski definition) is 6. The number of aryl methyl sites for hydroxylation is 1. The second-order valence-corrected chi connectivity index (χ2v) is 11.9. The lowest BCUT2D eigenvalue weighted by atomic mass is 9.89. The maximum absolute atomic E-state index is 15.6. The van der Waals surface area contributed by atoms with Gasteiger partial charge in [0.1, 0.15) is 23.7 Å². The summed E-state index contributed by atoms with van der Waals surface area (Å²) in [6, 6.07) is 11.1. The van der Waals surface area contributed by atoms with Gasteiger partial charge in [-0.2, -0.15) is 0 Å². The monoisotopic (exact) mass is 644 g/mol. The summed E-state index contributed by atoms with van der Waals surface area (Å²) in [6.45, 7) is 3.32. The molecule has 11 nitrogen and oxygen atoms in total. The predicted octanol–water partition coefficient (Wildman–Crippen LogP) is 4.16. The van der Waals surface area contributed by atoms with Crippen LogP contribution in [0.1, 0.15) is 57.2 Å². The molecule has 0 saturated carbocycles. The molecule has 4 aromatic rings. The molecule has 6 rings (SSSR count). The van der Waals surface area contributed by atoms with Crippen LogP contribution in [0.5, 0.6) is 0 Å². The molecule has 0 unspecified atom stereocenters. The van der Waals surface area contributed by atoms with Gasteiger partial charge in [0.25, 0.3) is 0 Å². The van der Waals surface area contributed by atoms with Crippen LogP contribution in [0.15, 0.2) is 53.7 Å². The smallest absolute Gasteiger partial charge is 0.394 e. The SMILES string of the molecule is CCOCc1nc2c(N)nc3ccccc3c2n1CCNC(=O)CCCNC(=O)CCc1ccc2n1[B-](F)(F)[N+]1=C(C)C=C(C)C1=C2. The first kappa shape index (κ1) is 32.1. The highest BCUT2D eigenvalue weighted by Gasteiger charge is 2.52. The van der Waals surface area contributed by atoms with E-state index in [2.05, 4.69) is 15.6 Å². The van der Waals surface area contributed by atoms with Gasteiger partial charge >= 0.3 is 6.97 Å². The van der Waals surface area contributed by atoms with Crippen LogP contribution in [0.2, 0.25) is 0 Å². The standard InChI is InChI=1S/C33H39BF2N8O3/c1-4-47-20-28-41-31-32(25-8-5-6-9-26(25)40-33(31)37)42(28)17-16-39-29(45)10-7-15-38-30(46)14-13-23-11-12-24-19-27-21(2)18-22(3)43(27)34(35,36)44(23)24/h5-6,8-9,11-12,18-19H,4,7,10,13-17,20H2,1-3H3,(H2,37,40)(H,38,46)(H,39,45). The number of nitrogens with zero attached hydrogens (tertiary/aromatic N) is 5. The zero-order chi connectivity index (χ0) is 33.3. The molecule has 0 radical (unpaired) electrons. The Balaban J connectivity index is 0.984. The van der Waals surface area contributed by atoms with E-state index in [0.717, 1.165) is 31.0 Å². The average molecular weight is 645 g/mol. The van der Waals surface area contributed by atoms with E-state index < -0.39 is 6.97 Å². The van der Waals surface area contributed by atoms with E-state index in [1.165, 1.54) is 0 Å². The summed E-state index contributed by atoms with van der Waals surface area (Å²) < 4.78 is 41.0. The molecular formula is C33H39BF2N8O3. The minimum absolute atomic E-state index is 0.0655. The third kappa shape index (κ3) is 6.17. The van der Waals surface area contributed by atoms with Gasteiger partial charge in [0.2, 0.25) is 11.8 Å². The number of para-hydroxylation sites is 1. The lowest BCUT2D eigenvalue weighted by Gasteiger charge is -2.31. The third-order valence-electron chi connectivity index (χ3n) is 8.70. The first-order valence-electron chi connectivity index (χ1n) is 16.0. The first-order chi connectivity index (χ1) is 22.6. The topological polar surface area (TPSA) is 132 Å². The summed E-state index contributed by atoms with van der Waals surface area (Å²) in [5, 5.41) is 6.67. The molecule has 0 atom stereocenters. The third-order valence-corrected chi connectivity index (χ3v) is 8.70. The van der Waals surface area contributed by atoms with Gasteiger partial charge in [-0.05, 0) is 50.6 Å². The molecular weight excluding hydrogens is 605 g/mol. The number of allylic oxidation sites excluding steroid dienone is 2. The van der Waals surface area contributed by atoms with Crippen LogP contribution < -0.4 is 16.4 Å². The van der Waals surface area contributed by atoms with Crippen molar-refractivity contribution >= 4 is 58.3 Å². The number of rotatable bonds is 13. The molecule has 246 valence electrons. The summed E-state index contributed by atoms with van der Waals surface area (Å²) in [4.78, 5) is 34.4. The molecule has 0 spiro atoms. The fourth-order valence-corrected chi connectivity index (χ4v) is 6.55. The number of fused-ring (bicyclic) bond motifs is 5. The molecule has 0 aliphatic carbocycles. The maximum atomic E-state index is 15.6. The van der Waals surface area contributed by atoms with Gasteiger partial charge in [0, 0.05) is 74.8 Å². The van der Waals surface area contributed by atoms with E-state index in [1.54, 1.807) is 31.2 Å². The number of halogens is 2. The quantitative estimate of drug-likeness (QED) is 0.148. The van der Waals surface area contributed by atoms with E-state index in [4.69, 9.17) is 15.5 Å². The highest BCUT2D eigenvalue weighted by atomic mass is 19.2. The Morgan fingerprint density at radius 2 is 1.79 bits per heavy atom. The zero-order valence-corrected chi connectivity index (χ0v) is 26.9. The summed E-state index contributed by atoms with van der Waals surface area (Å²) in [5.74, 6) is 0.649. The zero-order valence-electron chi connectivity index (χ0n) is 26.9. The van der Waals surface area contributed by atoms with Crippen LogP contribution in [0.3, 0.4) is 0 Å². The van der Waals surface area contributed by atoms with Crippen LogP contribution in [0.4, 0.5) is 14.4 Å². The Morgan fingerprint density at radius 1 is 1.02 bits per heavy atom. The first-order valence-corrected chi connectivity index (χ1v) is 16.0. The maximum Gasteiger partial charge on any atom is 0.737 e. The fraction of sp³-hybridized carbons (Fsp3) is 0.364. The molecule has 2 aliphatic heterocycles. The number of hydrogen-bond donors (Lipinski definition) is 3. The van der Waals surface area contributed by atoms with Crippen molar-refractivity contribution in [3.8, 4) is 0 Å². The molecule has 2 amide bonds. The van der Waals surface area contributed by atoms with Gasteiger partial charge in [-0.1, -0.05) is 18.2 Å². The van der Waals surface area contributed by atoms with E-state index in [-0.39, 0.29) is 31.1 Å². The summed E-state index contributed by atoms with van der Waals surface area (Å²) in [7, 11) is 0. The lowest BCUT2D eigenvalue weighted by molar-refractivity contribution is -0.362. The van der Waals surface area contributed by atoms with E-state index >= 15 is 8.63 Å². The number of benzene rings is 1. The fourth-order valence-electron chi connectivity index (χ4n) is 6.55. The second-order valence-electron chi connectivity index (χ2n) is 11.9. The van der Waals surface area contributed by atoms with Crippen molar-refractivity contribution in [1.29, 1.82) is 0 Å². The number of ether oxygens (including phenoxy) is 1. The average Bonchev–Trinajstić information content (AvgIpc) is 3.71. The number of pyridine rings is 1. The highest BCUT2D eigenvalue weighted by molar-refractivity contribution is 6.58. The Morgan fingerprint density at radius 3 is 2.60 bits per heavy atom. The predicted molar refractivity (Wildman–Crippen MR) is 179 cm³/mol. The largest absolute Gasteiger partial charge is 0.737 e. The molecule has 47 heavy (non-hydrogen) atoms. The number of imidazole rings is 1. The van der Waals surface area contributed by atoms with Crippen molar-refractivity contribution in [3.05, 3.63) is 71.0 Å². The Bertz CT molecular complexity index is 1980. The highest BCUT2D eigenvalue weighted by Crippen LogP contribution is 2.35. The molecule has 1 aromatic carbocycles. The van der Waals surface area contributed by atoms with Gasteiger partial charge in [0.05, 0.1) is 11.0 Å². The van der Waals surface area contributed by atoms with Crippen molar-refractivity contribution in [3.63, 3.8) is 0 Å². The number of carbonyl (C=O) groups is 2. The Labute approximate surface area is 271 Å². The van der Waals surface area contributed by atoms with Gasteiger partial charge in [-0.25, -0.2) is 9.97 Å². The number of amides is 2. The minimum Gasteiger partial charge on any atom is -0.394 e. The number of nitrogens with one attached hydrogen (secondary N) is 2. The van der Waals surface area contributed by atoms with Crippen LogP contribution in [-0.4, -0.2) is 67.7 Å². The summed E-state index contributed by atoms with van der Waals surface area (Å²) >= 11 is 0. The second kappa shape index (κ2) is 13.1. The number of nitrogen functional groups attached to an aromatic ring is 1. The van der Waals surface area contributed by atoms with E-state index in [1.807, 2.05) is 42.7 Å². The molecule has 2 aliphatic rings. The minimum atomic E-state index is -4.06. The molecule has 0 saturated heterocycles. The molecule has 14 heteroatoms. The van der Waals surface area contributed by atoms with Crippen LogP contribution in [-0.2, 0) is 33.9 Å². The van der Waals surface area contributed by atoms with Crippen molar-refractivity contribution in [2.45, 2.75) is 59.6 Å². The molecule has 4 N–H and O–H groups in total. The van der Waals surface area contributed by atoms with Gasteiger partial charge in [-0.3, -0.25) is 9.59 Å². The normalized spacial score (nSPS) is 15.1. The van der Waals surface area contributed by atoms with Gasteiger partial charge in [0.15, 0.2) is 11.5 Å². The van der Waals surface area contributed by atoms with Crippen LogP contribution >= 0.6 is 0 Å². The Kier molecular flexibility index (Phi) is 8.95. The summed E-state index contributed by atoms with van der Waals surface area (Å²) in [5.41, 5.74) is 11.1. The molecule has 0 bridgehead atoms. The van der Waals surface area contributed by atoms with Crippen molar-refractivity contribution in [1.82, 2.24) is 29.6 Å². The van der Waals surface area contributed by atoms with Crippen LogP contribution in [0.25, 0.3) is 28.0 Å². The van der Waals surface area contributed by atoms with Gasteiger partial charge < -0.3 is 43.3 Å². The molecule has 0 fully saturated rings. The lowest BCUT2D eigenvalue weighted by Crippen LogP contribution is -2.50. The van der Waals surface area contributed by atoms with Gasteiger partial charge in [-0.15, -0.1) is 0 Å². The van der Waals surface area contributed by atoms with E-state index in [0.29, 0.717) is 79.2 Å². The van der Waals surface area contributed by atoms with Crippen molar-refractivity contribution < 1.29 is 27.4 Å². The summed E-state index contributed by atoms with van der Waals surface area (Å²) in [6.07, 6.45) is 4.44. The number of anilines is 1.